The van der Waals surface area contributed by atoms with Gasteiger partial charge in [0.1, 0.15) is 11.0 Å². The first-order chi connectivity index (χ1) is 19.3. The van der Waals surface area contributed by atoms with Crippen LogP contribution in [0.2, 0.25) is 0 Å². The predicted molar refractivity (Wildman–Crippen MR) is 158 cm³/mol. The summed E-state index contributed by atoms with van der Waals surface area (Å²) in [7, 11) is 0. The van der Waals surface area contributed by atoms with Crippen molar-refractivity contribution in [3.05, 3.63) is 103 Å². The number of thioether (sulfide) groups is 1. The molecule has 0 bridgehead atoms. The molecule has 1 saturated heterocycles. The van der Waals surface area contributed by atoms with Crippen LogP contribution >= 0.6 is 39.0 Å². The number of aryl methyl sites for hydroxylation is 1. The number of carbonyl (C=O) groups is 3. The maximum absolute atomic E-state index is 13.9. The average Bonchev–Trinajstić information content (AvgIpc) is 3.42. The van der Waals surface area contributed by atoms with Crippen LogP contribution in [0.3, 0.4) is 0 Å². The molecule has 6 rings (SSSR count). The van der Waals surface area contributed by atoms with E-state index in [0.717, 1.165) is 21.4 Å². The number of H-pyrrole nitrogens is 1. The summed E-state index contributed by atoms with van der Waals surface area (Å²) in [6.45, 7) is 1.68. The van der Waals surface area contributed by atoms with E-state index in [-0.39, 0.29) is 29.2 Å². The molecule has 3 amide bonds. The van der Waals surface area contributed by atoms with E-state index in [2.05, 4.69) is 26.2 Å². The minimum absolute atomic E-state index is 0.255. The largest absolute Gasteiger partial charge is 0.483 e. The number of imide groups is 1. The molecular formula is C29H22BrN3O5S2. The van der Waals surface area contributed by atoms with Gasteiger partial charge < -0.3 is 15.0 Å². The smallest absolute Gasteiger partial charge is 0.305 e. The number of hydrogen-bond donors (Lipinski definition) is 2. The number of nitrogens with zero attached hydrogens (tertiary/aromatic N) is 1. The molecule has 3 atom stereocenters. The Morgan fingerprint density at radius 3 is 2.58 bits per heavy atom. The van der Waals surface area contributed by atoms with Gasteiger partial charge in [-0.3, -0.25) is 19.2 Å². The van der Waals surface area contributed by atoms with Crippen molar-refractivity contribution in [2.75, 3.05) is 16.8 Å². The number of anilines is 2. The number of aromatic amines is 1. The summed E-state index contributed by atoms with van der Waals surface area (Å²) >= 11 is 5.63. The number of fused-ring (bicyclic) bond motifs is 2. The molecule has 1 fully saturated rings. The summed E-state index contributed by atoms with van der Waals surface area (Å²) in [5.74, 6) is -1.97. The van der Waals surface area contributed by atoms with E-state index in [9.17, 15) is 19.2 Å². The molecule has 0 aliphatic carbocycles. The standard InChI is InChI=1S/C29H22BrN3O5S2/c1-15-5-4-6-17(13-15)31-21(34)14-38-20-8-3-2-7-19(20)22-23-25(39-26-24(22)40-29(37)32-26)28(36)33(27(23)35)18-11-9-16(30)10-12-18/h2-13,22-23,25H,14H2,1H3,(H,31,34)(H,32,37). The minimum atomic E-state index is -0.758. The molecule has 3 unspecified atom stereocenters. The fourth-order valence-corrected chi connectivity index (χ4v) is 7.90. The number of halogens is 1. The third kappa shape index (κ3) is 4.89. The second-order valence-electron chi connectivity index (χ2n) is 9.48. The van der Waals surface area contributed by atoms with Crippen molar-refractivity contribution in [1.29, 1.82) is 0 Å². The van der Waals surface area contributed by atoms with Crippen LogP contribution in [0.1, 0.15) is 21.9 Å². The fraction of sp³-hybridized carbons (Fsp3) is 0.172. The summed E-state index contributed by atoms with van der Waals surface area (Å²) in [4.78, 5) is 57.2. The summed E-state index contributed by atoms with van der Waals surface area (Å²) in [5.41, 5.74) is 2.81. The number of benzene rings is 3. The number of nitrogens with one attached hydrogen (secondary N) is 2. The highest BCUT2D eigenvalue weighted by Gasteiger charge is 2.56. The summed E-state index contributed by atoms with van der Waals surface area (Å²) in [6, 6.07) is 21.6. The number of ether oxygens (including phenoxy) is 1. The maximum atomic E-state index is 13.9. The lowest BCUT2D eigenvalue weighted by atomic mass is 9.82. The zero-order chi connectivity index (χ0) is 28.0. The van der Waals surface area contributed by atoms with Crippen molar-refractivity contribution in [2.24, 2.45) is 5.92 Å². The third-order valence-electron chi connectivity index (χ3n) is 6.82. The first-order valence-electron chi connectivity index (χ1n) is 12.4. The van der Waals surface area contributed by atoms with Crippen molar-refractivity contribution in [1.82, 2.24) is 4.98 Å². The Bertz CT molecular complexity index is 1700. The monoisotopic (exact) mass is 635 g/mol. The van der Waals surface area contributed by atoms with E-state index < -0.39 is 17.1 Å². The van der Waals surface area contributed by atoms with Gasteiger partial charge >= 0.3 is 4.87 Å². The van der Waals surface area contributed by atoms with E-state index >= 15 is 0 Å². The molecule has 0 saturated carbocycles. The molecule has 11 heteroatoms. The Balaban J connectivity index is 1.34. The van der Waals surface area contributed by atoms with Crippen LogP contribution in [-0.4, -0.2) is 34.6 Å². The van der Waals surface area contributed by atoms with Gasteiger partial charge in [0.15, 0.2) is 6.61 Å². The van der Waals surface area contributed by atoms with E-state index in [0.29, 0.717) is 32.6 Å². The molecule has 40 heavy (non-hydrogen) atoms. The lowest BCUT2D eigenvalue weighted by molar-refractivity contribution is -0.122. The number of thiazole rings is 1. The van der Waals surface area contributed by atoms with E-state index in [1.807, 2.05) is 37.3 Å². The molecule has 1 aromatic heterocycles. The van der Waals surface area contributed by atoms with Crippen molar-refractivity contribution < 1.29 is 19.1 Å². The number of rotatable bonds is 6. The van der Waals surface area contributed by atoms with Gasteiger partial charge in [0.05, 0.1) is 16.6 Å². The number of aromatic nitrogens is 1. The highest BCUT2D eigenvalue weighted by atomic mass is 79.9. The molecular weight excluding hydrogens is 614 g/mol. The molecule has 2 N–H and O–H groups in total. The lowest BCUT2D eigenvalue weighted by Crippen LogP contribution is -2.32. The Kier molecular flexibility index (Phi) is 7.11. The summed E-state index contributed by atoms with van der Waals surface area (Å²) in [6.07, 6.45) is 0. The van der Waals surface area contributed by atoms with Crippen molar-refractivity contribution in [3.8, 4) is 5.75 Å². The third-order valence-corrected chi connectivity index (χ3v) is 9.75. The number of para-hydroxylation sites is 1. The highest BCUT2D eigenvalue weighted by molar-refractivity contribution is 9.10. The second-order valence-corrected chi connectivity index (χ2v) is 12.6. The molecule has 3 heterocycles. The molecule has 2 aliphatic rings. The normalized spacial score (nSPS) is 19.8. The quantitative estimate of drug-likeness (QED) is 0.278. The van der Waals surface area contributed by atoms with Crippen molar-refractivity contribution >= 4 is 68.1 Å². The maximum Gasteiger partial charge on any atom is 0.305 e. The molecule has 0 radical (unpaired) electrons. The Morgan fingerprint density at radius 2 is 1.80 bits per heavy atom. The number of hydrogen-bond acceptors (Lipinski definition) is 7. The average molecular weight is 637 g/mol. The van der Waals surface area contributed by atoms with E-state index in [1.54, 1.807) is 42.5 Å². The zero-order valence-electron chi connectivity index (χ0n) is 21.1. The molecule has 2 aliphatic heterocycles. The lowest BCUT2D eigenvalue weighted by Gasteiger charge is -2.30. The first kappa shape index (κ1) is 26.5. The van der Waals surface area contributed by atoms with Crippen LogP contribution in [-0.2, 0) is 14.4 Å². The second kappa shape index (κ2) is 10.7. The Labute approximate surface area is 245 Å². The van der Waals surface area contributed by atoms with Gasteiger partial charge in [-0.05, 0) is 55.0 Å². The number of amides is 3. The van der Waals surface area contributed by atoms with Crippen LogP contribution < -0.4 is 19.8 Å². The van der Waals surface area contributed by atoms with Gasteiger partial charge in [0.2, 0.25) is 11.8 Å². The fourth-order valence-electron chi connectivity index (χ4n) is 5.13. The van der Waals surface area contributed by atoms with E-state index in [1.165, 1.54) is 16.7 Å². The van der Waals surface area contributed by atoms with Crippen LogP contribution in [0.25, 0.3) is 0 Å². The molecule has 4 aromatic rings. The first-order valence-corrected chi connectivity index (χ1v) is 14.9. The molecule has 8 nitrogen and oxygen atoms in total. The van der Waals surface area contributed by atoms with Gasteiger partial charge in [0.25, 0.3) is 5.91 Å². The topological polar surface area (TPSA) is 109 Å². The predicted octanol–water partition coefficient (Wildman–Crippen LogP) is 5.32. The van der Waals surface area contributed by atoms with Crippen LogP contribution in [0.15, 0.2) is 87.1 Å². The van der Waals surface area contributed by atoms with Crippen LogP contribution in [0.5, 0.6) is 5.75 Å². The van der Waals surface area contributed by atoms with Crippen LogP contribution in [0.4, 0.5) is 11.4 Å². The van der Waals surface area contributed by atoms with Gasteiger partial charge in [-0.25, -0.2) is 4.90 Å². The SMILES string of the molecule is Cc1cccc(NC(=O)COc2ccccc2C2c3sc(=O)[nH]c3SC3C(=O)N(c4ccc(Br)cc4)C(=O)C32)c1. The van der Waals surface area contributed by atoms with Crippen molar-refractivity contribution in [3.63, 3.8) is 0 Å². The molecule has 202 valence electrons. The van der Waals surface area contributed by atoms with Crippen molar-refractivity contribution in [2.45, 2.75) is 23.1 Å². The summed E-state index contributed by atoms with van der Waals surface area (Å²) in [5, 5.41) is 2.68. The van der Waals surface area contributed by atoms with Gasteiger partial charge in [0, 0.05) is 26.5 Å². The highest BCUT2D eigenvalue weighted by Crippen LogP contribution is 2.54. The molecule has 3 aromatic carbocycles. The van der Waals surface area contributed by atoms with Crippen LogP contribution in [0, 0.1) is 12.8 Å². The Hall–Kier alpha value is -3.67. The van der Waals surface area contributed by atoms with Gasteiger partial charge in [-0.2, -0.15) is 0 Å². The number of carbonyl (C=O) groups excluding carboxylic acids is 3. The van der Waals surface area contributed by atoms with Gasteiger partial charge in [-0.15, -0.1) is 0 Å². The minimum Gasteiger partial charge on any atom is -0.483 e. The summed E-state index contributed by atoms with van der Waals surface area (Å²) < 4.78 is 6.82. The van der Waals surface area contributed by atoms with Gasteiger partial charge in [-0.1, -0.05) is 69.4 Å². The Morgan fingerprint density at radius 1 is 1.02 bits per heavy atom. The zero-order valence-corrected chi connectivity index (χ0v) is 24.3. The van der Waals surface area contributed by atoms with E-state index in [4.69, 9.17) is 4.74 Å². The molecule has 0 spiro atoms.